The number of hydrogen-bond acceptors (Lipinski definition) is 9. The molecule has 5 heterocycles. The molecule has 0 saturated carbocycles. The van der Waals surface area contributed by atoms with E-state index in [0.29, 0.717) is 13.0 Å². The van der Waals surface area contributed by atoms with Gasteiger partial charge in [0, 0.05) is 31.5 Å². The Hall–Kier alpha value is -3.57. The first kappa shape index (κ1) is 27.0. The highest BCUT2D eigenvalue weighted by atomic mass is 32.2. The fraction of sp³-hybridized carbons (Fsp3) is 0.455. The Labute approximate surface area is 219 Å². The maximum absolute atomic E-state index is 14.9. The van der Waals surface area contributed by atoms with Crippen LogP contribution in [0.3, 0.4) is 0 Å². The van der Waals surface area contributed by atoms with E-state index in [2.05, 4.69) is 20.4 Å². The van der Waals surface area contributed by atoms with Crippen LogP contribution in [0.15, 0.2) is 24.7 Å². The first-order chi connectivity index (χ1) is 18.4. The zero-order valence-corrected chi connectivity index (χ0v) is 21.2. The van der Waals surface area contributed by atoms with Gasteiger partial charge in [-0.2, -0.15) is 22.6 Å². The molecule has 2 fully saturated rings. The molecule has 2 saturated heterocycles. The van der Waals surface area contributed by atoms with Crippen molar-refractivity contribution in [3.63, 3.8) is 0 Å². The van der Waals surface area contributed by atoms with Crippen LogP contribution in [-0.2, 0) is 20.9 Å². The van der Waals surface area contributed by atoms with Crippen LogP contribution >= 0.6 is 0 Å². The van der Waals surface area contributed by atoms with E-state index in [-0.39, 0.29) is 35.9 Å². The monoisotopic (exact) mass is 573 g/mol. The van der Waals surface area contributed by atoms with E-state index in [4.69, 9.17) is 15.2 Å². The first-order valence-electron chi connectivity index (χ1n) is 11.7. The molecule has 17 heteroatoms. The number of fused-ring (bicyclic) bond motifs is 1. The Morgan fingerprint density at radius 3 is 2.69 bits per heavy atom. The van der Waals surface area contributed by atoms with Gasteiger partial charge in [0.05, 0.1) is 31.0 Å². The maximum Gasteiger partial charge on any atom is 0.418 e. The van der Waals surface area contributed by atoms with Gasteiger partial charge >= 0.3 is 6.18 Å². The lowest BCUT2D eigenvalue weighted by Crippen LogP contribution is -2.43. The molecule has 2 aliphatic heterocycles. The number of aromatic nitrogens is 4. The predicted molar refractivity (Wildman–Crippen MR) is 128 cm³/mol. The number of nitrogens with one attached hydrogen (secondary N) is 1. The van der Waals surface area contributed by atoms with E-state index < -0.39 is 63.0 Å². The van der Waals surface area contributed by atoms with Gasteiger partial charge in [-0.3, -0.25) is 4.79 Å². The first-order valence-corrected chi connectivity index (χ1v) is 13.2. The van der Waals surface area contributed by atoms with Crippen molar-refractivity contribution in [2.75, 3.05) is 39.1 Å². The predicted octanol–water partition coefficient (Wildman–Crippen LogP) is 1.27. The number of nitrogens with two attached hydrogens (primary N) is 1. The molecule has 3 aromatic heterocycles. The van der Waals surface area contributed by atoms with Crippen LogP contribution in [0, 0.1) is 0 Å². The lowest BCUT2D eigenvalue weighted by molar-refractivity contribution is -0.136. The number of hydrogen-bond donors (Lipinski definition) is 2. The minimum atomic E-state index is -4.78. The van der Waals surface area contributed by atoms with E-state index in [9.17, 15) is 30.8 Å². The van der Waals surface area contributed by atoms with E-state index in [1.54, 1.807) is 0 Å². The molecule has 0 aromatic carbocycles. The number of pyridine rings is 1. The second-order valence-corrected chi connectivity index (χ2v) is 11.3. The number of anilines is 1. The number of sulfonamides is 1. The van der Waals surface area contributed by atoms with Crippen molar-refractivity contribution >= 4 is 27.3 Å². The van der Waals surface area contributed by atoms with Crippen molar-refractivity contribution < 1.29 is 40.2 Å². The standard InChI is InChI=1S/C22H23F4N7O5S/c1-37-21-13(20(34)31-16-8-32(7-15(16)23)39(35,36)12-2-3-38-9-12)4-11(6-28-21)17-5-14(22(24,25)26)18-19(27)29-10-30-33(17)18/h4-6,10,12,15-16H,2-3,7-9H2,1H3,(H,31,34)(H2,27,29,30)/t12?,15-,16+/m0/s1. The molecule has 0 aliphatic carbocycles. The molecule has 210 valence electrons. The zero-order chi connectivity index (χ0) is 28.1. The minimum absolute atomic E-state index is 0.0174. The number of nitrogen functional groups attached to an aromatic ring is 1. The molecule has 3 N–H and O–H groups in total. The molecule has 12 nitrogen and oxygen atoms in total. The number of rotatable bonds is 6. The summed E-state index contributed by atoms with van der Waals surface area (Å²) in [6.45, 7) is -0.421. The number of methoxy groups -OCH3 is 1. The summed E-state index contributed by atoms with van der Waals surface area (Å²) in [5.41, 5.74) is 3.89. The van der Waals surface area contributed by atoms with Gasteiger partial charge in [-0.1, -0.05) is 0 Å². The second kappa shape index (κ2) is 9.87. The molecule has 1 unspecified atom stereocenters. The summed E-state index contributed by atoms with van der Waals surface area (Å²) in [4.78, 5) is 20.8. The van der Waals surface area contributed by atoms with Gasteiger partial charge in [-0.15, -0.1) is 0 Å². The molecule has 0 radical (unpaired) electrons. The summed E-state index contributed by atoms with van der Waals surface area (Å²) < 4.78 is 93.8. The molecule has 0 spiro atoms. The Balaban J connectivity index is 1.45. The number of halogens is 4. The molecule has 39 heavy (non-hydrogen) atoms. The highest BCUT2D eigenvalue weighted by Crippen LogP contribution is 2.39. The van der Waals surface area contributed by atoms with Crippen molar-refractivity contribution in [3.8, 4) is 17.1 Å². The summed E-state index contributed by atoms with van der Waals surface area (Å²) in [7, 11) is -2.60. The van der Waals surface area contributed by atoms with Gasteiger partial charge in [-0.05, 0) is 18.6 Å². The molecule has 3 atom stereocenters. The largest absolute Gasteiger partial charge is 0.480 e. The molecule has 3 aromatic rings. The molecule has 1 amide bonds. The highest BCUT2D eigenvalue weighted by Gasteiger charge is 2.44. The number of carbonyl (C=O) groups is 1. The Morgan fingerprint density at radius 2 is 2.03 bits per heavy atom. The lowest BCUT2D eigenvalue weighted by Gasteiger charge is -2.20. The second-order valence-electron chi connectivity index (χ2n) is 9.07. The van der Waals surface area contributed by atoms with Crippen LogP contribution in [0.4, 0.5) is 23.4 Å². The topological polar surface area (TPSA) is 154 Å². The lowest BCUT2D eigenvalue weighted by atomic mass is 10.1. The van der Waals surface area contributed by atoms with Crippen LogP contribution in [-0.4, -0.2) is 89.1 Å². The maximum atomic E-state index is 14.9. The summed E-state index contributed by atoms with van der Waals surface area (Å²) in [6.07, 6.45) is -4.02. The number of amides is 1. The van der Waals surface area contributed by atoms with Crippen LogP contribution in [0.25, 0.3) is 16.8 Å². The number of nitrogens with zero attached hydrogens (tertiary/aromatic N) is 5. The Morgan fingerprint density at radius 1 is 1.26 bits per heavy atom. The van der Waals surface area contributed by atoms with Gasteiger partial charge < -0.3 is 20.5 Å². The van der Waals surface area contributed by atoms with Gasteiger partial charge in [0.25, 0.3) is 5.91 Å². The van der Waals surface area contributed by atoms with Crippen LogP contribution in [0.1, 0.15) is 22.3 Å². The summed E-state index contributed by atoms with van der Waals surface area (Å²) in [6, 6.07) is 0.838. The third-order valence-corrected chi connectivity index (χ3v) is 8.91. The normalized spacial score (nSPS) is 22.4. The molecule has 0 bridgehead atoms. The van der Waals surface area contributed by atoms with Gasteiger partial charge in [0.1, 0.15) is 28.8 Å². The molecule has 2 aliphatic rings. The van der Waals surface area contributed by atoms with Gasteiger partial charge in [0.2, 0.25) is 15.9 Å². The van der Waals surface area contributed by atoms with Crippen molar-refractivity contribution in [2.45, 2.75) is 30.1 Å². The summed E-state index contributed by atoms with van der Waals surface area (Å²) in [5, 5.41) is 5.55. The van der Waals surface area contributed by atoms with Crippen molar-refractivity contribution in [1.29, 1.82) is 0 Å². The molecular formula is C22H23F4N7O5S. The quantitative estimate of drug-likeness (QED) is 0.415. The fourth-order valence-electron chi connectivity index (χ4n) is 4.69. The number of alkyl halides is 4. The SMILES string of the molecule is COc1ncc(-c2cc(C(F)(F)F)c3c(N)ncnn23)cc1C(=O)N[C@@H]1CN(S(=O)(=O)C2CCOC2)C[C@@H]1F. The number of carbonyl (C=O) groups excluding carboxylic acids is 1. The zero-order valence-electron chi connectivity index (χ0n) is 20.4. The third kappa shape index (κ3) is 4.85. The van der Waals surface area contributed by atoms with Crippen molar-refractivity contribution in [1.82, 2.24) is 29.2 Å². The van der Waals surface area contributed by atoms with Crippen molar-refractivity contribution in [2.24, 2.45) is 0 Å². The minimum Gasteiger partial charge on any atom is -0.480 e. The van der Waals surface area contributed by atoms with E-state index in [1.165, 1.54) is 19.4 Å². The fourth-order valence-corrected chi connectivity index (χ4v) is 6.49. The molecular weight excluding hydrogens is 550 g/mol. The Kier molecular flexibility index (Phi) is 6.84. The van der Waals surface area contributed by atoms with E-state index >= 15 is 0 Å². The van der Waals surface area contributed by atoms with Crippen LogP contribution < -0.4 is 15.8 Å². The van der Waals surface area contributed by atoms with Crippen LogP contribution in [0.5, 0.6) is 5.88 Å². The van der Waals surface area contributed by atoms with Crippen LogP contribution in [0.2, 0.25) is 0 Å². The van der Waals surface area contributed by atoms with E-state index in [0.717, 1.165) is 21.2 Å². The molecule has 5 rings (SSSR count). The Bertz CT molecular complexity index is 1520. The average molecular weight is 574 g/mol. The number of ether oxygens (including phenoxy) is 2. The summed E-state index contributed by atoms with van der Waals surface area (Å²) in [5.74, 6) is -1.44. The van der Waals surface area contributed by atoms with Gasteiger partial charge in [-0.25, -0.2) is 27.3 Å². The smallest absolute Gasteiger partial charge is 0.418 e. The third-order valence-electron chi connectivity index (χ3n) is 6.67. The van der Waals surface area contributed by atoms with Crippen molar-refractivity contribution in [3.05, 3.63) is 35.8 Å². The average Bonchev–Trinajstić information content (AvgIpc) is 3.63. The van der Waals surface area contributed by atoms with Gasteiger partial charge in [0.15, 0.2) is 5.82 Å². The highest BCUT2D eigenvalue weighted by molar-refractivity contribution is 7.89. The van der Waals surface area contributed by atoms with E-state index in [1.807, 2.05) is 0 Å². The summed E-state index contributed by atoms with van der Waals surface area (Å²) >= 11 is 0.